The monoisotopic (exact) mass is 465 g/mol. The molecule has 1 saturated heterocycles. The Bertz CT molecular complexity index is 1040. The molecule has 4 rings (SSSR count). The summed E-state index contributed by atoms with van der Waals surface area (Å²) in [7, 11) is 2.74. The van der Waals surface area contributed by atoms with Crippen LogP contribution in [0.3, 0.4) is 0 Å². The molecule has 0 aliphatic carbocycles. The lowest BCUT2D eigenvalue weighted by Crippen LogP contribution is -2.53. The van der Waals surface area contributed by atoms with Crippen molar-refractivity contribution in [2.45, 2.75) is 30.7 Å². The van der Waals surface area contributed by atoms with E-state index < -0.39 is 30.7 Å². The maximum absolute atomic E-state index is 10.3. The van der Waals surface area contributed by atoms with Gasteiger partial charge in [0.25, 0.3) is 11.9 Å². The number of aliphatic hydroxyl groups is 4. The second-order valence-corrected chi connectivity index (χ2v) is 7.62. The Morgan fingerprint density at radius 1 is 0.939 bits per heavy atom. The molecule has 2 aliphatic heterocycles. The molecule has 7 N–H and O–H groups in total. The molecule has 0 aromatic heterocycles. The van der Waals surface area contributed by atoms with Gasteiger partial charge < -0.3 is 54.3 Å². The molecule has 0 saturated carbocycles. The average Bonchev–Trinajstić information content (AvgIpc) is 2.79. The van der Waals surface area contributed by atoms with Crippen LogP contribution in [0.5, 0.6) is 34.5 Å². The zero-order chi connectivity index (χ0) is 23.9. The van der Waals surface area contributed by atoms with Gasteiger partial charge in [-0.2, -0.15) is 0 Å². The van der Waals surface area contributed by atoms with Crippen LogP contribution in [0.2, 0.25) is 0 Å². The number of phenolic OH excluding ortho intramolecular Hbond substituents is 3. The van der Waals surface area contributed by atoms with Gasteiger partial charge in [0.05, 0.1) is 32.5 Å². The number of fused-ring (bicyclic) bond motifs is 1. The van der Waals surface area contributed by atoms with Crippen LogP contribution in [-0.4, -0.2) is 80.8 Å². The highest BCUT2D eigenvalue weighted by molar-refractivity contribution is 5.69. The van der Waals surface area contributed by atoms with Crippen molar-refractivity contribution < 1.29 is 54.3 Å². The number of aliphatic hydroxyl groups excluding tert-OH is 3. The standard InChI is InChI=1S/C22H24O11/c1-29-15-3-9(4-16(30-2)19(15)27)21-17(33-22-20(28)18(26)13(25)8-31-22)7-11-12(24)5-10(23)6-14(11)32-21/h3-7,13,18,20-28H,8H2,1-2H3/p+1/t13-,18+,20-,21?,22-/m0/s1. The van der Waals surface area contributed by atoms with Gasteiger partial charge in [0.1, 0.15) is 35.4 Å². The van der Waals surface area contributed by atoms with Gasteiger partial charge in [0.15, 0.2) is 17.3 Å². The minimum absolute atomic E-state index is 0.107. The van der Waals surface area contributed by atoms with Gasteiger partial charge >= 0.3 is 0 Å². The predicted octanol–water partition coefficient (Wildman–Crippen LogP) is 0.613. The molecule has 1 fully saturated rings. The molecule has 1 unspecified atom stereocenters. The topological polar surface area (TPSA) is 171 Å². The summed E-state index contributed by atoms with van der Waals surface area (Å²) in [6, 6.07) is 5.51. The Balaban J connectivity index is 1.78. The Morgan fingerprint density at radius 2 is 1.61 bits per heavy atom. The third kappa shape index (κ3) is 4.18. The van der Waals surface area contributed by atoms with Gasteiger partial charge in [0.2, 0.25) is 12.0 Å². The van der Waals surface area contributed by atoms with E-state index in [1.165, 1.54) is 38.5 Å². The van der Waals surface area contributed by atoms with Crippen molar-refractivity contribution in [2.75, 3.05) is 20.8 Å². The molecular weight excluding hydrogens is 440 g/mol. The van der Waals surface area contributed by atoms with Crippen molar-refractivity contribution >= 4 is 6.08 Å². The number of phenols is 3. The highest BCUT2D eigenvalue weighted by Gasteiger charge is 2.42. The zero-order valence-corrected chi connectivity index (χ0v) is 17.7. The highest BCUT2D eigenvalue weighted by atomic mass is 16.7. The van der Waals surface area contributed by atoms with Crippen molar-refractivity contribution in [3.63, 3.8) is 0 Å². The maximum Gasteiger partial charge on any atom is 0.270 e. The summed E-state index contributed by atoms with van der Waals surface area (Å²) in [6.45, 7) is -0.269. The Labute approximate surface area is 188 Å². The van der Waals surface area contributed by atoms with Crippen molar-refractivity contribution in [2.24, 2.45) is 0 Å². The van der Waals surface area contributed by atoms with E-state index in [-0.39, 0.29) is 52.4 Å². The van der Waals surface area contributed by atoms with Crippen LogP contribution in [0.1, 0.15) is 17.2 Å². The minimum atomic E-state index is -1.56. The number of benzene rings is 2. The van der Waals surface area contributed by atoms with Crippen LogP contribution in [0, 0.1) is 0 Å². The highest BCUT2D eigenvalue weighted by Crippen LogP contribution is 2.47. The van der Waals surface area contributed by atoms with E-state index in [0.717, 1.165) is 6.07 Å². The summed E-state index contributed by atoms with van der Waals surface area (Å²) >= 11 is 0. The number of ether oxygens (including phenoxy) is 5. The second kappa shape index (κ2) is 8.87. The van der Waals surface area contributed by atoms with Crippen LogP contribution >= 0.6 is 0 Å². The number of hydrogen-bond acceptors (Lipinski definition) is 10. The Hall–Kier alpha value is -3.38. The number of rotatable bonds is 5. The molecule has 11 nitrogen and oxygen atoms in total. The molecule has 33 heavy (non-hydrogen) atoms. The first-order valence-electron chi connectivity index (χ1n) is 9.99. The fourth-order valence-electron chi connectivity index (χ4n) is 3.71. The van der Waals surface area contributed by atoms with E-state index in [2.05, 4.69) is 4.74 Å². The first-order valence-corrected chi connectivity index (χ1v) is 9.99. The molecule has 5 atom stereocenters. The average molecular weight is 465 g/mol. The van der Waals surface area contributed by atoms with Crippen molar-refractivity contribution in [3.8, 4) is 34.5 Å². The first-order chi connectivity index (χ1) is 15.7. The van der Waals surface area contributed by atoms with E-state index in [1.807, 2.05) is 0 Å². The molecule has 178 valence electrons. The summed E-state index contributed by atoms with van der Waals surface area (Å²) in [6.07, 6.45) is -5.11. The van der Waals surface area contributed by atoms with E-state index in [0.29, 0.717) is 5.56 Å². The zero-order valence-electron chi connectivity index (χ0n) is 17.7. The van der Waals surface area contributed by atoms with E-state index in [9.17, 15) is 30.6 Å². The van der Waals surface area contributed by atoms with Crippen molar-refractivity contribution in [3.05, 3.63) is 41.2 Å². The SMILES string of the molecule is COc1cc(C2[OH+]c3cc(O)cc(O)c3C=C2O[C@@H]2OC[C@H](O)[C@@H](O)[C@@H]2O)cc(OC)c1O. The lowest BCUT2D eigenvalue weighted by Gasteiger charge is -2.36. The molecule has 0 amide bonds. The summed E-state index contributed by atoms with van der Waals surface area (Å²) in [5, 5.41) is 60.5. The summed E-state index contributed by atoms with van der Waals surface area (Å²) in [4.78, 5) is 0. The lowest BCUT2D eigenvalue weighted by molar-refractivity contribution is -0.263. The third-order valence-electron chi connectivity index (χ3n) is 5.47. The summed E-state index contributed by atoms with van der Waals surface area (Å²) in [5.41, 5.74) is 0.703. The number of methoxy groups -OCH3 is 2. The molecule has 11 heteroatoms. The van der Waals surface area contributed by atoms with Crippen LogP contribution in [0.15, 0.2) is 30.0 Å². The van der Waals surface area contributed by atoms with Gasteiger partial charge in [-0.3, -0.25) is 0 Å². The number of hydrogen-bond donors (Lipinski definition) is 6. The van der Waals surface area contributed by atoms with Crippen LogP contribution in [0.25, 0.3) is 6.08 Å². The fourth-order valence-corrected chi connectivity index (χ4v) is 3.71. The van der Waals surface area contributed by atoms with Gasteiger partial charge in [0, 0.05) is 12.1 Å². The fraction of sp³-hybridized carbons (Fsp3) is 0.364. The predicted molar refractivity (Wildman–Crippen MR) is 112 cm³/mol. The molecule has 2 aromatic rings. The van der Waals surface area contributed by atoms with E-state index in [1.54, 1.807) is 0 Å². The van der Waals surface area contributed by atoms with Crippen LogP contribution in [0.4, 0.5) is 0 Å². The normalized spacial score (nSPS) is 26.6. The molecule has 0 radical (unpaired) electrons. The Kier molecular flexibility index (Phi) is 6.13. The first kappa shape index (κ1) is 22.8. The van der Waals surface area contributed by atoms with E-state index in [4.69, 9.17) is 18.9 Å². The smallest absolute Gasteiger partial charge is 0.270 e. The van der Waals surface area contributed by atoms with Gasteiger partial charge in [-0.05, 0) is 12.1 Å². The molecule has 0 spiro atoms. The summed E-state index contributed by atoms with van der Waals surface area (Å²) < 4.78 is 26.2. The van der Waals surface area contributed by atoms with Gasteiger partial charge in [-0.25, -0.2) is 0 Å². The molecule has 2 aliphatic rings. The Morgan fingerprint density at radius 3 is 2.24 bits per heavy atom. The van der Waals surface area contributed by atoms with Crippen molar-refractivity contribution in [1.29, 1.82) is 0 Å². The maximum atomic E-state index is 10.3. The molecule has 2 aromatic carbocycles. The van der Waals surface area contributed by atoms with Gasteiger partial charge in [-0.1, -0.05) is 0 Å². The molecule has 2 heterocycles. The van der Waals surface area contributed by atoms with Crippen LogP contribution < -0.4 is 9.47 Å². The largest absolute Gasteiger partial charge is 0.571 e. The third-order valence-corrected chi connectivity index (χ3v) is 5.47. The number of aromatic hydroxyl groups is 4. The summed E-state index contributed by atoms with van der Waals surface area (Å²) in [5.74, 6) is -0.0793. The lowest BCUT2D eigenvalue weighted by atomic mass is 10.00. The van der Waals surface area contributed by atoms with Crippen LogP contribution in [-0.2, 0) is 9.47 Å². The molecule has 0 bridgehead atoms. The van der Waals surface area contributed by atoms with E-state index >= 15 is 0 Å². The second-order valence-electron chi connectivity index (χ2n) is 7.62. The van der Waals surface area contributed by atoms with Crippen molar-refractivity contribution in [1.82, 2.24) is 0 Å². The quantitative estimate of drug-likeness (QED) is 0.344. The van der Waals surface area contributed by atoms with Gasteiger partial charge in [-0.15, -0.1) is 0 Å². The molecular formula is C22H25O11+. The minimum Gasteiger partial charge on any atom is -0.571 e.